The Balaban J connectivity index is 2.19. The summed E-state index contributed by atoms with van der Waals surface area (Å²) in [7, 11) is 5.16. The fourth-order valence-corrected chi connectivity index (χ4v) is 3.15. The number of ether oxygens (including phenoxy) is 1. The number of thiophene rings is 1. The lowest BCUT2D eigenvalue weighted by molar-refractivity contribution is 0.0606. The van der Waals surface area contributed by atoms with Crippen molar-refractivity contribution in [2.75, 3.05) is 21.2 Å². The van der Waals surface area contributed by atoms with Crippen molar-refractivity contribution < 1.29 is 9.53 Å². The van der Waals surface area contributed by atoms with Crippen LogP contribution in [0.2, 0.25) is 0 Å². The molecule has 0 N–H and O–H groups in total. The highest BCUT2D eigenvalue weighted by molar-refractivity contribution is 7.20. The third kappa shape index (κ3) is 2.95. The molecule has 0 atom stereocenters. The van der Waals surface area contributed by atoms with E-state index in [4.69, 9.17) is 4.74 Å². The summed E-state index contributed by atoms with van der Waals surface area (Å²) in [5.41, 5.74) is 0.919. The largest absolute Gasteiger partial charge is 0.465 e. The lowest BCUT2D eigenvalue weighted by atomic mass is 10.3. The highest BCUT2D eigenvalue weighted by Crippen LogP contribution is 2.34. The van der Waals surface area contributed by atoms with Gasteiger partial charge < -0.3 is 9.64 Å². The Morgan fingerprint density at radius 2 is 2.09 bits per heavy atom. The van der Waals surface area contributed by atoms with E-state index in [-0.39, 0.29) is 5.97 Å². The average molecular weight is 328 g/mol. The zero-order valence-corrected chi connectivity index (χ0v) is 13.9. The average Bonchev–Trinajstić information content (AvgIpc) is 3.12. The van der Waals surface area contributed by atoms with Crippen LogP contribution >= 0.6 is 11.3 Å². The molecule has 7 heteroatoms. The Morgan fingerprint density at radius 1 is 1.35 bits per heavy atom. The number of nitrogens with zero attached hydrogens (tertiary/aromatic N) is 4. The second-order valence-electron chi connectivity index (χ2n) is 5.10. The van der Waals surface area contributed by atoms with Gasteiger partial charge in [-0.05, 0) is 18.2 Å². The van der Waals surface area contributed by atoms with Crippen LogP contribution in [0, 0.1) is 0 Å². The number of carbonyl (C=O) groups excluding carboxylic acids is 1. The number of para-hydroxylation sites is 1. The van der Waals surface area contributed by atoms with Gasteiger partial charge in [0.2, 0.25) is 0 Å². The molecule has 1 aromatic carbocycles. The Morgan fingerprint density at radius 3 is 2.74 bits per heavy atom. The minimum atomic E-state index is -0.353. The van der Waals surface area contributed by atoms with Gasteiger partial charge in [-0.25, -0.2) is 14.5 Å². The highest BCUT2D eigenvalue weighted by atomic mass is 32.1. The van der Waals surface area contributed by atoms with Crippen LogP contribution < -0.4 is 0 Å². The van der Waals surface area contributed by atoms with Crippen LogP contribution in [0.1, 0.15) is 9.67 Å². The SMILES string of the molecule is COC(=O)c1cc2c(/N=C/N(C)C)nn(-c3ccccc3)c2s1. The molecule has 23 heavy (non-hydrogen) atoms. The van der Waals surface area contributed by atoms with Gasteiger partial charge in [-0.2, -0.15) is 0 Å². The number of aliphatic imine (C=N–C) groups is 1. The summed E-state index contributed by atoms with van der Waals surface area (Å²) < 4.78 is 6.61. The van der Waals surface area contributed by atoms with E-state index in [1.807, 2.05) is 49.3 Å². The Kier molecular flexibility index (Phi) is 4.12. The van der Waals surface area contributed by atoms with Gasteiger partial charge in [0.1, 0.15) is 9.71 Å². The van der Waals surface area contributed by atoms with E-state index in [9.17, 15) is 4.79 Å². The molecule has 0 aliphatic rings. The van der Waals surface area contributed by atoms with Gasteiger partial charge in [0, 0.05) is 14.1 Å². The third-order valence-corrected chi connectivity index (χ3v) is 4.23. The van der Waals surface area contributed by atoms with Gasteiger partial charge in [-0.1, -0.05) is 18.2 Å². The molecule has 0 saturated heterocycles. The van der Waals surface area contributed by atoms with E-state index in [1.165, 1.54) is 18.4 Å². The summed E-state index contributed by atoms with van der Waals surface area (Å²) in [4.78, 5) is 19.5. The molecule has 0 bridgehead atoms. The molecule has 0 radical (unpaired) electrons. The topological polar surface area (TPSA) is 59.7 Å². The van der Waals surface area contributed by atoms with Crippen LogP contribution in [0.25, 0.3) is 15.9 Å². The summed E-state index contributed by atoms with van der Waals surface area (Å²) in [5.74, 6) is 0.220. The first-order valence-electron chi connectivity index (χ1n) is 6.97. The molecule has 0 aliphatic heterocycles. The molecule has 0 spiro atoms. The van der Waals surface area contributed by atoms with Crippen molar-refractivity contribution in [2.45, 2.75) is 0 Å². The lowest BCUT2D eigenvalue weighted by Crippen LogP contribution is -2.07. The molecule has 0 amide bonds. The van der Waals surface area contributed by atoms with Crippen molar-refractivity contribution in [3.05, 3.63) is 41.3 Å². The van der Waals surface area contributed by atoms with Crippen LogP contribution in [-0.2, 0) is 4.74 Å². The monoisotopic (exact) mass is 328 g/mol. The first-order chi connectivity index (χ1) is 11.1. The van der Waals surface area contributed by atoms with Gasteiger partial charge in [-0.3, -0.25) is 0 Å². The Bertz CT molecular complexity index is 865. The summed E-state index contributed by atoms with van der Waals surface area (Å²) >= 11 is 1.34. The molecule has 3 rings (SSSR count). The molecule has 0 aliphatic carbocycles. The number of hydrogen-bond acceptors (Lipinski definition) is 5. The number of rotatable bonds is 4. The number of fused-ring (bicyclic) bond motifs is 1. The minimum Gasteiger partial charge on any atom is -0.465 e. The molecular weight excluding hydrogens is 312 g/mol. The van der Waals surface area contributed by atoms with Crippen molar-refractivity contribution in [1.82, 2.24) is 14.7 Å². The van der Waals surface area contributed by atoms with Crippen LogP contribution in [0.3, 0.4) is 0 Å². The summed E-state index contributed by atoms with van der Waals surface area (Å²) in [5, 5.41) is 5.40. The van der Waals surface area contributed by atoms with E-state index in [1.54, 1.807) is 17.1 Å². The van der Waals surface area contributed by atoms with Crippen LogP contribution in [0.15, 0.2) is 41.4 Å². The molecule has 0 fully saturated rings. The van der Waals surface area contributed by atoms with E-state index >= 15 is 0 Å². The molecular formula is C16H16N4O2S. The Labute approximate surface area is 137 Å². The van der Waals surface area contributed by atoms with Crippen molar-refractivity contribution in [3.63, 3.8) is 0 Å². The predicted octanol–water partition coefficient (Wildman–Crippen LogP) is 3.10. The Hall–Kier alpha value is -2.67. The second-order valence-corrected chi connectivity index (χ2v) is 6.13. The molecule has 2 aromatic heterocycles. The molecule has 0 saturated carbocycles. The van der Waals surface area contributed by atoms with Crippen LogP contribution in [0.4, 0.5) is 5.82 Å². The summed E-state index contributed by atoms with van der Waals surface area (Å²) in [6, 6.07) is 11.5. The normalized spacial score (nSPS) is 11.3. The minimum absolute atomic E-state index is 0.353. The van der Waals surface area contributed by atoms with Gasteiger partial charge in [0.25, 0.3) is 0 Å². The number of hydrogen-bond donors (Lipinski definition) is 0. The van der Waals surface area contributed by atoms with Crippen molar-refractivity contribution >= 4 is 39.7 Å². The van der Waals surface area contributed by atoms with Gasteiger partial charge >= 0.3 is 5.97 Å². The zero-order chi connectivity index (χ0) is 16.4. The predicted molar refractivity (Wildman–Crippen MR) is 92.1 cm³/mol. The van der Waals surface area contributed by atoms with Crippen LogP contribution in [0.5, 0.6) is 0 Å². The first-order valence-corrected chi connectivity index (χ1v) is 7.78. The van der Waals surface area contributed by atoms with E-state index in [0.717, 1.165) is 15.9 Å². The smallest absolute Gasteiger partial charge is 0.348 e. The molecule has 3 aromatic rings. The number of methoxy groups -OCH3 is 1. The maximum Gasteiger partial charge on any atom is 0.348 e. The van der Waals surface area contributed by atoms with Crippen LogP contribution in [-0.4, -0.2) is 48.2 Å². The first kappa shape index (κ1) is 15.2. The molecule has 118 valence electrons. The molecule has 0 unspecified atom stereocenters. The van der Waals surface area contributed by atoms with Gasteiger partial charge in [-0.15, -0.1) is 16.4 Å². The lowest BCUT2D eigenvalue weighted by Gasteiger charge is -2.02. The number of aromatic nitrogens is 2. The third-order valence-electron chi connectivity index (χ3n) is 3.14. The fraction of sp³-hybridized carbons (Fsp3) is 0.188. The molecule has 6 nitrogen and oxygen atoms in total. The highest BCUT2D eigenvalue weighted by Gasteiger charge is 2.18. The summed E-state index contributed by atoms with van der Waals surface area (Å²) in [6.07, 6.45) is 1.69. The van der Waals surface area contributed by atoms with E-state index in [0.29, 0.717) is 10.7 Å². The maximum atomic E-state index is 11.8. The maximum absolute atomic E-state index is 11.8. The molecule has 2 heterocycles. The number of carbonyl (C=O) groups is 1. The van der Waals surface area contributed by atoms with Crippen molar-refractivity contribution in [2.24, 2.45) is 4.99 Å². The second kappa shape index (κ2) is 6.21. The van der Waals surface area contributed by atoms with Crippen molar-refractivity contribution in [1.29, 1.82) is 0 Å². The number of esters is 1. The number of benzene rings is 1. The zero-order valence-electron chi connectivity index (χ0n) is 13.1. The summed E-state index contributed by atoms with van der Waals surface area (Å²) in [6.45, 7) is 0. The van der Waals surface area contributed by atoms with Gasteiger partial charge in [0.05, 0.1) is 24.5 Å². The quantitative estimate of drug-likeness (QED) is 0.419. The van der Waals surface area contributed by atoms with Crippen molar-refractivity contribution in [3.8, 4) is 5.69 Å². The van der Waals surface area contributed by atoms with E-state index in [2.05, 4.69) is 10.1 Å². The fourth-order valence-electron chi connectivity index (χ4n) is 2.10. The van der Waals surface area contributed by atoms with Gasteiger partial charge in [0.15, 0.2) is 5.82 Å². The van der Waals surface area contributed by atoms with E-state index < -0.39 is 0 Å². The standard InChI is InChI=1S/C16H16N4O2S/c1-19(2)10-17-14-12-9-13(16(21)22-3)23-15(12)20(18-14)11-7-5-4-6-8-11/h4-10H,1-3H3/b17-10+.